The van der Waals surface area contributed by atoms with Gasteiger partial charge in [-0.15, -0.1) is 0 Å². The lowest BCUT2D eigenvalue weighted by molar-refractivity contribution is -0.147. The van der Waals surface area contributed by atoms with E-state index in [1.54, 1.807) is 16.9 Å². The van der Waals surface area contributed by atoms with E-state index in [-0.39, 0.29) is 0 Å². The predicted octanol–water partition coefficient (Wildman–Crippen LogP) is 1.54. The maximum absolute atomic E-state index is 11.4. The Bertz CT molecular complexity index is 599. The topological polar surface area (TPSA) is 67.5 Å². The lowest BCUT2D eigenvalue weighted by atomic mass is 9.65. The van der Waals surface area contributed by atoms with Crippen LogP contribution in [0.15, 0.2) is 18.5 Å². The molecule has 1 N–H and O–H groups in total. The minimum absolute atomic E-state index is 0.690. The van der Waals surface area contributed by atoms with Gasteiger partial charge < -0.3 is 5.11 Å². The highest BCUT2D eigenvalue weighted by Crippen LogP contribution is 2.43. The maximum atomic E-state index is 11.4. The zero-order valence-electron chi connectivity index (χ0n) is 9.55. The number of hydrogen-bond donors (Lipinski definition) is 1. The molecule has 0 radical (unpaired) electrons. The molecule has 2 aromatic heterocycles. The second-order valence-corrected chi connectivity index (χ2v) is 4.67. The highest BCUT2D eigenvalue weighted by molar-refractivity contribution is 5.82. The zero-order valence-corrected chi connectivity index (χ0v) is 9.55. The molecule has 0 unspecified atom stereocenters. The SMILES string of the molecule is Cc1cc2ncc(C3(C(=O)O)CCC3)cn2n1. The van der Waals surface area contributed by atoms with Crippen molar-refractivity contribution in [2.24, 2.45) is 0 Å². The Morgan fingerprint density at radius 2 is 2.29 bits per heavy atom. The summed E-state index contributed by atoms with van der Waals surface area (Å²) < 4.78 is 1.66. The monoisotopic (exact) mass is 231 g/mol. The first-order valence-electron chi connectivity index (χ1n) is 5.68. The van der Waals surface area contributed by atoms with Crippen LogP contribution in [0.3, 0.4) is 0 Å². The summed E-state index contributed by atoms with van der Waals surface area (Å²) in [6.07, 6.45) is 5.81. The summed E-state index contributed by atoms with van der Waals surface area (Å²) in [5, 5.41) is 13.6. The fourth-order valence-electron chi connectivity index (χ4n) is 2.40. The number of aromatic nitrogens is 3. The van der Waals surface area contributed by atoms with E-state index in [4.69, 9.17) is 0 Å². The minimum Gasteiger partial charge on any atom is -0.481 e. The van der Waals surface area contributed by atoms with Crippen LogP contribution in [0.2, 0.25) is 0 Å². The zero-order chi connectivity index (χ0) is 12.0. The van der Waals surface area contributed by atoms with Crippen molar-refractivity contribution in [1.29, 1.82) is 0 Å². The van der Waals surface area contributed by atoms with Crippen LogP contribution in [0.25, 0.3) is 5.65 Å². The Morgan fingerprint density at radius 3 is 2.88 bits per heavy atom. The summed E-state index contributed by atoms with van der Waals surface area (Å²) in [5.74, 6) is -0.756. The lowest BCUT2D eigenvalue weighted by Gasteiger charge is -2.37. The molecule has 3 rings (SSSR count). The van der Waals surface area contributed by atoms with Crippen molar-refractivity contribution in [2.75, 3.05) is 0 Å². The Kier molecular flexibility index (Phi) is 1.98. The molecule has 0 bridgehead atoms. The molecule has 88 valence electrons. The largest absolute Gasteiger partial charge is 0.481 e. The van der Waals surface area contributed by atoms with Crippen molar-refractivity contribution < 1.29 is 9.90 Å². The van der Waals surface area contributed by atoms with Crippen molar-refractivity contribution in [3.05, 3.63) is 29.7 Å². The summed E-state index contributed by atoms with van der Waals surface area (Å²) in [5.41, 5.74) is 1.66. The van der Waals surface area contributed by atoms with Crippen LogP contribution in [-0.2, 0) is 10.2 Å². The summed E-state index contributed by atoms with van der Waals surface area (Å²) in [6, 6.07) is 1.87. The quantitative estimate of drug-likeness (QED) is 0.851. The molecule has 0 amide bonds. The van der Waals surface area contributed by atoms with Crippen molar-refractivity contribution in [2.45, 2.75) is 31.6 Å². The number of carbonyl (C=O) groups is 1. The van der Waals surface area contributed by atoms with Crippen molar-refractivity contribution in [1.82, 2.24) is 14.6 Å². The van der Waals surface area contributed by atoms with Crippen LogP contribution >= 0.6 is 0 Å². The van der Waals surface area contributed by atoms with Crippen LogP contribution in [0.5, 0.6) is 0 Å². The third-order valence-corrected chi connectivity index (χ3v) is 3.60. The van der Waals surface area contributed by atoms with Gasteiger partial charge in [-0.25, -0.2) is 9.50 Å². The van der Waals surface area contributed by atoms with Gasteiger partial charge >= 0.3 is 5.97 Å². The van der Waals surface area contributed by atoms with Crippen molar-refractivity contribution >= 4 is 11.6 Å². The van der Waals surface area contributed by atoms with Crippen LogP contribution in [0.4, 0.5) is 0 Å². The fraction of sp³-hybridized carbons (Fsp3) is 0.417. The standard InChI is InChI=1S/C12H13N3O2/c1-8-5-10-13-6-9(7-15(10)14-8)12(11(16)17)3-2-4-12/h5-7H,2-4H2,1H3,(H,16,17). The van der Waals surface area contributed by atoms with Gasteiger partial charge in [0.05, 0.1) is 11.1 Å². The van der Waals surface area contributed by atoms with Crippen molar-refractivity contribution in [3.63, 3.8) is 0 Å². The average molecular weight is 231 g/mol. The molecule has 5 nitrogen and oxygen atoms in total. The molecule has 17 heavy (non-hydrogen) atoms. The van der Waals surface area contributed by atoms with E-state index in [0.717, 1.165) is 23.3 Å². The van der Waals surface area contributed by atoms with Crippen molar-refractivity contribution in [3.8, 4) is 0 Å². The number of carboxylic acids is 1. The first kappa shape index (κ1) is 10.3. The first-order chi connectivity index (χ1) is 8.12. The van der Waals surface area contributed by atoms with Gasteiger partial charge in [-0.1, -0.05) is 6.42 Å². The Balaban J connectivity index is 2.14. The fourth-order valence-corrected chi connectivity index (χ4v) is 2.40. The molecule has 5 heteroatoms. The number of rotatable bonds is 2. The number of carboxylic acid groups (broad SMARTS) is 1. The van der Waals surface area contributed by atoms with Gasteiger partial charge in [0.2, 0.25) is 0 Å². The van der Waals surface area contributed by atoms with E-state index < -0.39 is 11.4 Å². The van der Waals surface area contributed by atoms with Gasteiger partial charge in [-0.3, -0.25) is 4.79 Å². The van der Waals surface area contributed by atoms with Gasteiger partial charge in [0.25, 0.3) is 0 Å². The van der Waals surface area contributed by atoms with E-state index in [1.807, 2.05) is 13.0 Å². The molecule has 2 aromatic rings. The molecule has 1 aliphatic rings. The third-order valence-electron chi connectivity index (χ3n) is 3.60. The molecule has 0 aliphatic heterocycles. The van der Waals surface area contributed by atoms with E-state index in [0.29, 0.717) is 12.8 Å². The molecule has 0 atom stereocenters. The molecular weight excluding hydrogens is 218 g/mol. The summed E-state index contributed by atoms with van der Waals surface area (Å²) in [6.45, 7) is 1.89. The molecule has 1 aliphatic carbocycles. The molecule has 0 aromatic carbocycles. The highest BCUT2D eigenvalue weighted by Gasteiger charge is 2.46. The number of hydrogen-bond acceptors (Lipinski definition) is 3. The number of aryl methyl sites for hydroxylation is 1. The summed E-state index contributed by atoms with van der Waals surface area (Å²) in [4.78, 5) is 15.7. The molecule has 1 fully saturated rings. The highest BCUT2D eigenvalue weighted by atomic mass is 16.4. The third kappa shape index (κ3) is 1.35. The average Bonchev–Trinajstić information content (AvgIpc) is 2.54. The van der Waals surface area contributed by atoms with E-state index in [9.17, 15) is 9.90 Å². The van der Waals surface area contributed by atoms with Crippen LogP contribution < -0.4 is 0 Å². The summed E-state index contributed by atoms with van der Waals surface area (Å²) >= 11 is 0. The van der Waals surface area contributed by atoms with Gasteiger partial charge in [0.1, 0.15) is 0 Å². The Morgan fingerprint density at radius 1 is 1.53 bits per heavy atom. The van der Waals surface area contributed by atoms with Gasteiger partial charge in [-0.2, -0.15) is 5.10 Å². The lowest BCUT2D eigenvalue weighted by Crippen LogP contribution is -2.42. The number of nitrogens with zero attached hydrogens (tertiary/aromatic N) is 3. The molecule has 0 spiro atoms. The molecule has 1 saturated carbocycles. The number of aliphatic carboxylic acids is 1. The van der Waals surface area contributed by atoms with Crippen LogP contribution in [0.1, 0.15) is 30.5 Å². The Hall–Kier alpha value is -1.91. The first-order valence-corrected chi connectivity index (χ1v) is 5.68. The molecule has 2 heterocycles. The van der Waals surface area contributed by atoms with Gasteiger partial charge in [0, 0.05) is 24.0 Å². The second-order valence-electron chi connectivity index (χ2n) is 4.67. The Labute approximate surface area is 98.1 Å². The number of fused-ring (bicyclic) bond motifs is 1. The van der Waals surface area contributed by atoms with Crippen LogP contribution in [0, 0.1) is 6.92 Å². The maximum Gasteiger partial charge on any atom is 0.314 e. The van der Waals surface area contributed by atoms with Crippen LogP contribution in [-0.4, -0.2) is 25.7 Å². The van der Waals surface area contributed by atoms with Gasteiger partial charge in [0.15, 0.2) is 5.65 Å². The van der Waals surface area contributed by atoms with E-state index in [1.165, 1.54) is 0 Å². The van der Waals surface area contributed by atoms with E-state index >= 15 is 0 Å². The minimum atomic E-state index is -0.756. The summed E-state index contributed by atoms with van der Waals surface area (Å²) in [7, 11) is 0. The second kappa shape index (κ2) is 3.29. The van der Waals surface area contributed by atoms with E-state index in [2.05, 4.69) is 10.1 Å². The predicted molar refractivity (Wildman–Crippen MR) is 60.9 cm³/mol. The smallest absolute Gasteiger partial charge is 0.314 e. The normalized spacial score (nSPS) is 17.9. The molecular formula is C12H13N3O2. The molecule has 0 saturated heterocycles. The van der Waals surface area contributed by atoms with Gasteiger partial charge in [-0.05, 0) is 19.8 Å².